The molecule has 1 aromatic rings. The Balaban J connectivity index is 1.59. The number of hydrogen-bond acceptors (Lipinski definition) is 5. The number of nitrogens with zero attached hydrogens (tertiary/aromatic N) is 2. The number of carbonyl (C=O) groups is 1. The summed E-state index contributed by atoms with van der Waals surface area (Å²) in [5, 5.41) is 11.4. The van der Waals surface area contributed by atoms with Gasteiger partial charge in [-0.3, -0.25) is 9.69 Å². The van der Waals surface area contributed by atoms with Crippen molar-refractivity contribution in [2.45, 2.75) is 19.0 Å². The summed E-state index contributed by atoms with van der Waals surface area (Å²) < 4.78 is 5.34. The van der Waals surface area contributed by atoms with Crippen LogP contribution in [0.1, 0.15) is 10.4 Å². The molecule has 1 saturated heterocycles. The maximum Gasteiger partial charge on any atom is 0.237 e. The molecule has 0 radical (unpaired) electrons. The Kier molecular flexibility index (Phi) is 4.35. The van der Waals surface area contributed by atoms with Gasteiger partial charge < -0.3 is 14.7 Å². The van der Waals surface area contributed by atoms with E-state index in [0.29, 0.717) is 26.3 Å². The Morgan fingerprint density at radius 3 is 3.25 bits per heavy atom. The molecule has 6 heteroatoms. The topological polar surface area (TPSA) is 53.0 Å². The maximum atomic E-state index is 12.4. The molecule has 3 heterocycles. The van der Waals surface area contributed by atoms with Gasteiger partial charge in [-0.15, -0.1) is 11.3 Å². The first-order valence-electron chi connectivity index (χ1n) is 7.03. The van der Waals surface area contributed by atoms with Crippen LogP contribution in [0.25, 0.3) is 0 Å². The van der Waals surface area contributed by atoms with Crippen molar-refractivity contribution >= 4 is 17.2 Å². The molecule has 20 heavy (non-hydrogen) atoms. The lowest BCUT2D eigenvalue weighted by molar-refractivity contribution is -0.136. The third-order valence-corrected chi connectivity index (χ3v) is 5.08. The van der Waals surface area contributed by atoms with Gasteiger partial charge in [0.15, 0.2) is 0 Å². The number of morpholine rings is 1. The van der Waals surface area contributed by atoms with E-state index in [1.54, 1.807) is 11.3 Å². The van der Waals surface area contributed by atoms with E-state index >= 15 is 0 Å². The summed E-state index contributed by atoms with van der Waals surface area (Å²) in [7, 11) is 0. The molecular formula is C14H20N2O3S. The number of hydrogen-bond donors (Lipinski definition) is 1. The van der Waals surface area contributed by atoms with Crippen molar-refractivity contribution in [2.24, 2.45) is 0 Å². The summed E-state index contributed by atoms with van der Waals surface area (Å²) in [5.41, 5.74) is 1.29. The normalized spacial score (nSPS) is 23.6. The van der Waals surface area contributed by atoms with E-state index in [0.717, 1.165) is 19.5 Å². The molecule has 0 bridgehead atoms. The number of thiophene rings is 1. The van der Waals surface area contributed by atoms with Crippen LogP contribution in [0.15, 0.2) is 11.4 Å². The van der Waals surface area contributed by atoms with Gasteiger partial charge in [-0.2, -0.15) is 0 Å². The van der Waals surface area contributed by atoms with Gasteiger partial charge >= 0.3 is 0 Å². The number of aliphatic hydroxyl groups is 1. The summed E-state index contributed by atoms with van der Waals surface area (Å²) >= 11 is 1.78. The van der Waals surface area contributed by atoms with Crippen molar-refractivity contribution in [3.8, 4) is 0 Å². The van der Waals surface area contributed by atoms with Gasteiger partial charge in [0.2, 0.25) is 5.91 Å². The first-order valence-corrected chi connectivity index (χ1v) is 7.91. The van der Waals surface area contributed by atoms with E-state index in [-0.39, 0.29) is 18.6 Å². The average molecular weight is 296 g/mol. The summed E-state index contributed by atoms with van der Waals surface area (Å²) in [4.78, 5) is 17.8. The Hall–Kier alpha value is -0.950. The van der Waals surface area contributed by atoms with Crippen LogP contribution in [-0.2, 0) is 22.5 Å². The summed E-state index contributed by atoms with van der Waals surface area (Å²) in [6.45, 7) is 3.83. The first kappa shape index (κ1) is 14.0. The standard InChI is InChI=1S/C14H20N2O3S/c17-9-12-10-19-5-4-15(12)8-14(18)16-3-1-13-11(7-16)2-6-20-13/h2,6,12,17H,1,3-5,7-10H2. The molecule has 1 unspecified atom stereocenters. The molecule has 0 aliphatic carbocycles. The van der Waals surface area contributed by atoms with E-state index in [2.05, 4.69) is 11.4 Å². The van der Waals surface area contributed by atoms with Crippen molar-refractivity contribution < 1.29 is 14.6 Å². The summed E-state index contributed by atoms with van der Waals surface area (Å²) in [5.74, 6) is 0.155. The molecule has 1 amide bonds. The highest BCUT2D eigenvalue weighted by atomic mass is 32.1. The SMILES string of the molecule is O=C(CN1CCOCC1CO)N1CCc2sccc2C1. The minimum Gasteiger partial charge on any atom is -0.395 e. The van der Waals surface area contributed by atoms with E-state index in [1.165, 1.54) is 10.4 Å². The minimum absolute atomic E-state index is 0.0436. The van der Waals surface area contributed by atoms with Crippen LogP contribution in [0.4, 0.5) is 0 Å². The molecule has 1 aromatic heterocycles. The van der Waals surface area contributed by atoms with Crippen molar-refractivity contribution in [1.82, 2.24) is 9.80 Å². The predicted molar refractivity (Wildman–Crippen MR) is 76.7 cm³/mol. The Labute approximate surface area is 122 Å². The highest BCUT2D eigenvalue weighted by molar-refractivity contribution is 7.10. The van der Waals surface area contributed by atoms with Crippen molar-refractivity contribution in [3.63, 3.8) is 0 Å². The minimum atomic E-state index is -0.0470. The van der Waals surface area contributed by atoms with Gasteiger partial charge in [0, 0.05) is 24.5 Å². The number of aliphatic hydroxyl groups excluding tert-OH is 1. The number of rotatable bonds is 3. The Bertz CT molecular complexity index is 477. The first-order chi connectivity index (χ1) is 9.78. The van der Waals surface area contributed by atoms with Crippen molar-refractivity contribution in [3.05, 3.63) is 21.9 Å². The molecule has 2 aliphatic rings. The second-order valence-corrected chi connectivity index (χ2v) is 6.32. The van der Waals surface area contributed by atoms with Crippen molar-refractivity contribution in [2.75, 3.05) is 39.5 Å². The van der Waals surface area contributed by atoms with E-state index in [4.69, 9.17) is 4.74 Å². The summed E-state index contributed by atoms with van der Waals surface area (Å²) in [6.07, 6.45) is 0.964. The van der Waals surface area contributed by atoms with Gasteiger partial charge in [-0.25, -0.2) is 0 Å². The van der Waals surface area contributed by atoms with Crippen LogP contribution in [-0.4, -0.2) is 66.3 Å². The van der Waals surface area contributed by atoms with Gasteiger partial charge in [-0.05, 0) is 23.4 Å². The van der Waals surface area contributed by atoms with E-state index in [1.807, 2.05) is 9.80 Å². The van der Waals surface area contributed by atoms with E-state index < -0.39 is 0 Å². The van der Waals surface area contributed by atoms with E-state index in [9.17, 15) is 9.90 Å². The predicted octanol–water partition coefficient (Wildman–Crippen LogP) is 0.326. The van der Waals surface area contributed by atoms with Crippen LogP contribution in [0, 0.1) is 0 Å². The van der Waals surface area contributed by atoms with Crippen LogP contribution >= 0.6 is 11.3 Å². The molecule has 1 fully saturated rings. The van der Waals surface area contributed by atoms with Crippen LogP contribution in [0.2, 0.25) is 0 Å². The maximum absolute atomic E-state index is 12.4. The molecule has 1 N–H and O–H groups in total. The fourth-order valence-electron chi connectivity index (χ4n) is 2.80. The molecule has 3 rings (SSSR count). The average Bonchev–Trinajstić information content (AvgIpc) is 2.95. The Morgan fingerprint density at radius 2 is 2.40 bits per heavy atom. The molecule has 5 nitrogen and oxygen atoms in total. The zero-order chi connectivity index (χ0) is 13.9. The molecule has 2 aliphatic heterocycles. The number of carbonyl (C=O) groups excluding carboxylic acids is 1. The number of fused-ring (bicyclic) bond motifs is 1. The van der Waals surface area contributed by atoms with Crippen LogP contribution < -0.4 is 0 Å². The van der Waals surface area contributed by atoms with Gasteiger partial charge in [-0.1, -0.05) is 0 Å². The molecule has 0 aromatic carbocycles. The largest absolute Gasteiger partial charge is 0.395 e. The number of amides is 1. The van der Waals surface area contributed by atoms with Gasteiger partial charge in [0.05, 0.1) is 32.4 Å². The lowest BCUT2D eigenvalue weighted by Gasteiger charge is -2.36. The summed E-state index contributed by atoms with van der Waals surface area (Å²) in [6, 6.07) is 2.07. The van der Waals surface area contributed by atoms with Gasteiger partial charge in [0.1, 0.15) is 0 Å². The lowest BCUT2D eigenvalue weighted by Crippen LogP contribution is -2.52. The molecule has 110 valence electrons. The van der Waals surface area contributed by atoms with Crippen LogP contribution in [0.5, 0.6) is 0 Å². The van der Waals surface area contributed by atoms with Crippen molar-refractivity contribution in [1.29, 1.82) is 0 Å². The highest BCUT2D eigenvalue weighted by Gasteiger charge is 2.27. The number of ether oxygens (including phenoxy) is 1. The third-order valence-electron chi connectivity index (χ3n) is 4.06. The Morgan fingerprint density at radius 1 is 1.50 bits per heavy atom. The molecule has 0 spiro atoms. The molecule has 0 saturated carbocycles. The fraction of sp³-hybridized carbons (Fsp3) is 0.643. The zero-order valence-corrected chi connectivity index (χ0v) is 12.3. The molecular weight excluding hydrogens is 276 g/mol. The monoisotopic (exact) mass is 296 g/mol. The fourth-order valence-corrected chi connectivity index (χ4v) is 3.69. The highest BCUT2D eigenvalue weighted by Crippen LogP contribution is 2.24. The quantitative estimate of drug-likeness (QED) is 0.873. The third kappa shape index (κ3) is 2.88. The smallest absolute Gasteiger partial charge is 0.237 e. The molecule has 1 atom stereocenters. The lowest BCUT2D eigenvalue weighted by atomic mass is 10.1. The second-order valence-electron chi connectivity index (χ2n) is 5.32. The van der Waals surface area contributed by atoms with Crippen LogP contribution in [0.3, 0.4) is 0 Å². The zero-order valence-electron chi connectivity index (χ0n) is 11.5. The second kappa shape index (κ2) is 6.22. The van der Waals surface area contributed by atoms with Gasteiger partial charge in [0.25, 0.3) is 0 Å².